The number of anilines is 2. The molecule has 1 heterocycles. The summed E-state index contributed by atoms with van der Waals surface area (Å²) in [6.07, 6.45) is 1.58. The highest BCUT2D eigenvalue weighted by Gasteiger charge is 2.14. The lowest BCUT2D eigenvalue weighted by atomic mass is 10.1. The van der Waals surface area contributed by atoms with Crippen molar-refractivity contribution in [2.45, 2.75) is 0 Å². The molecule has 0 saturated carbocycles. The third-order valence-electron chi connectivity index (χ3n) is 3.13. The fraction of sp³-hybridized carbons (Fsp3) is 0. The van der Waals surface area contributed by atoms with Gasteiger partial charge in [-0.15, -0.1) is 0 Å². The molecule has 0 aliphatic heterocycles. The van der Waals surface area contributed by atoms with E-state index in [0.29, 0.717) is 11.3 Å². The zero-order chi connectivity index (χ0) is 15.0. The Kier molecular flexibility index (Phi) is 3.27. The number of carbonyl (C=O) groups excluding carboxylic acids is 1. The molecular formula is C15H11ClFN3O. The molecular weight excluding hydrogens is 293 g/mol. The Morgan fingerprint density at radius 2 is 2.05 bits per heavy atom. The van der Waals surface area contributed by atoms with E-state index in [4.69, 9.17) is 17.3 Å². The molecule has 6 heteroatoms. The van der Waals surface area contributed by atoms with Crippen LogP contribution in [0.25, 0.3) is 10.9 Å². The molecule has 4 nitrogen and oxygen atoms in total. The number of fused-ring (bicyclic) bond motifs is 1. The highest BCUT2D eigenvalue weighted by molar-refractivity contribution is 6.34. The third-order valence-corrected chi connectivity index (χ3v) is 3.46. The molecule has 0 radical (unpaired) electrons. The first-order valence-corrected chi connectivity index (χ1v) is 6.55. The second-order valence-electron chi connectivity index (χ2n) is 4.59. The molecule has 0 bridgehead atoms. The molecule has 0 unspecified atom stereocenters. The minimum atomic E-state index is -0.471. The van der Waals surface area contributed by atoms with Gasteiger partial charge in [0.25, 0.3) is 5.91 Å². The van der Waals surface area contributed by atoms with E-state index in [1.165, 1.54) is 18.2 Å². The van der Waals surface area contributed by atoms with E-state index in [9.17, 15) is 9.18 Å². The number of hydrogen-bond donors (Lipinski definition) is 3. The van der Waals surface area contributed by atoms with Gasteiger partial charge in [0.1, 0.15) is 5.82 Å². The van der Waals surface area contributed by atoms with Crippen LogP contribution in [0.1, 0.15) is 10.4 Å². The van der Waals surface area contributed by atoms with Crippen LogP contribution in [0.3, 0.4) is 0 Å². The maximum atomic E-state index is 13.2. The van der Waals surface area contributed by atoms with Gasteiger partial charge in [-0.1, -0.05) is 11.6 Å². The predicted molar refractivity (Wildman–Crippen MR) is 82.1 cm³/mol. The molecule has 3 rings (SSSR count). The van der Waals surface area contributed by atoms with Crippen molar-refractivity contribution in [3.8, 4) is 0 Å². The van der Waals surface area contributed by atoms with Crippen LogP contribution < -0.4 is 11.1 Å². The van der Waals surface area contributed by atoms with Crippen molar-refractivity contribution in [3.63, 3.8) is 0 Å². The summed E-state index contributed by atoms with van der Waals surface area (Å²) in [6, 6.07) is 8.99. The van der Waals surface area contributed by atoms with E-state index >= 15 is 0 Å². The number of carbonyl (C=O) groups is 1. The van der Waals surface area contributed by atoms with Gasteiger partial charge >= 0.3 is 0 Å². The summed E-state index contributed by atoms with van der Waals surface area (Å²) in [5.74, 6) is -0.847. The second-order valence-corrected chi connectivity index (χ2v) is 4.99. The van der Waals surface area contributed by atoms with Gasteiger partial charge in [-0.25, -0.2) is 4.39 Å². The predicted octanol–water partition coefficient (Wildman–Crippen LogP) is 3.79. The van der Waals surface area contributed by atoms with E-state index in [2.05, 4.69) is 10.3 Å². The van der Waals surface area contributed by atoms with E-state index in [1.807, 2.05) is 0 Å². The van der Waals surface area contributed by atoms with Gasteiger partial charge in [0.05, 0.1) is 16.3 Å². The first kappa shape index (κ1) is 13.5. The average molecular weight is 304 g/mol. The first-order valence-electron chi connectivity index (χ1n) is 6.17. The molecule has 0 aliphatic rings. The van der Waals surface area contributed by atoms with Crippen molar-refractivity contribution >= 4 is 39.8 Å². The topological polar surface area (TPSA) is 70.9 Å². The molecule has 0 fully saturated rings. The van der Waals surface area contributed by atoms with Gasteiger partial charge in [0.2, 0.25) is 0 Å². The molecule has 1 amide bonds. The summed E-state index contributed by atoms with van der Waals surface area (Å²) in [5, 5.41) is 3.60. The molecule has 2 aromatic carbocycles. The maximum absolute atomic E-state index is 13.2. The second kappa shape index (κ2) is 5.10. The van der Waals surface area contributed by atoms with Crippen LogP contribution in [0.15, 0.2) is 42.6 Å². The van der Waals surface area contributed by atoms with E-state index in [1.54, 1.807) is 24.4 Å². The Morgan fingerprint density at radius 1 is 1.24 bits per heavy atom. The number of aromatic nitrogens is 1. The Labute approximate surface area is 124 Å². The summed E-state index contributed by atoms with van der Waals surface area (Å²) in [6.45, 7) is 0. The molecule has 3 aromatic rings. The molecule has 0 saturated heterocycles. The van der Waals surface area contributed by atoms with Crippen LogP contribution in [-0.2, 0) is 0 Å². The van der Waals surface area contributed by atoms with Crippen LogP contribution in [0.5, 0.6) is 0 Å². The van der Waals surface area contributed by atoms with Gasteiger partial charge in [-0.2, -0.15) is 0 Å². The van der Waals surface area contributed by atoms with Crippen LogP contribution >= 0.6 is 11.6 Å². The Balaban J connectivity index is 1.95. The molecule has 0 spiro atoms. The third kappa shape index (κ3) is 2.55. The zero-order valence-electron chi connectivity index (χ0n) is 10.8. The normalized spacial score (nSPS) is 10.8. The number of nitrogens with one attached hydrogen (secondary N) is 2. The Bertz CT molecular complexity index is 844. The molecule has 1 aromatic heterocycles. The summed E-state index contributed by atoms with van der Waals surface area (Å²) in [4.78, 5) is 15.3. The average Bonchev–Trinajstić information content (AvgIpc) is 2.85. The van der Waals surface area contributed by atoms with Crippen molar-refractivity contribution in [3.05, 3.63) is 59.0 Å². The van der Waals surface area contributed by atoms with Gasteiger partial charge in [0, 0.05) is 22.8 Å². The van der Waals surface area contributed by atoms with E-state index in [0.717, 1.165) is 10.9 Å². The molecule has 0 aliphatic carbocycles. The fourth-order valence-corrected chi connectivity index (χ4v) is 2.28. The SMILES string of the molecule is Nc1ccc2c(C(=O)Nc3cc(F)ccc3Cl)c[nH]c2c1. The summed E-state index contributed by atoms with van der Waals surface area (Å²) >= 11 is 5.93. The van der Waals surface area contributed by atoms with Gasteiger partial charge in [0.15, 0.2) is 0 Å². The monoisotopic (exact) mass is 303 g/mol. The lowest BCUT2D eigenvalue weighted by Crippen LogP contribution is -2.11. The highest BCUT2D eigenvalue weighted by atomic mass is 35.5. The quantitative estimate of drug-likeness (QED) is 0.630. The maximum Gasteiger partial charge on any atom is 0.257 e. The Morgan fingerprint density at radius 3 is 2.86 bits per heavy atom. The van der Waals surface area contributed by atoms with E-state index < -0.39 is 5.82 Å². The van der Waals surface area contributed by atoms with Crippen molar-refractivity contribution in [2.75, 3.05) is 11.1 Å². The molecule has 4 N–H and O–H groups in total. The number of amides is 1. The number of hydrogen-bond acceptors (Lipinski definition) is 2. The minimum Gasteiger partial charge on any atom is -0.399 e. The van der Waals surface area contributed by atoms with Crippen LogP contribution in [0.4, 0.5) is 15.8 Å². The molecule has 106 valence electrons. The summed E-state index contributed by atoms with van der Waals surface area (Å²) in [5.41, 5.74) is 7.71. The summed E-state index contributed by atoms with van der Waals surface area (Å²) in [7, 11) is 0. The fourth-order valence-electron chi connectivity index (χ4n) is 2.11. The van der Waals surface area contributed by atoms with E-state index in [-0.39, 0.29) is 16.6 Å². The van der Waals surface area contributed by atoms with Crippen molar-refractivity contribution < 1.29 is 9.18 Å². The smallest absolute Gasteiger partial charge is 0.257 e. The van der Waals surface area contributed by atoms with Gasteiger partial charge < -0.3 is 16.0 Å². The number of aromatic amines is 1. The molecule has 21 heavy (non-hydrogen) atoms. The van der Waals surface area contributed by atoms with Crippen LogP contribution in [0, 0.1) is 5.82 Å². The van der Waals surface area contributed by atoms with Crippen LogP contribution in [0.2, 0.25) is 5.02 Å². The number of rotatable bonds is 2. The lowest BCUT2D eigenvalue weighted by molar-refractivity contribution is 0.102. The number of nitrogens with two attached hydrogens (primary N) is 1. The van der Waals surface area contributed by atoms with Crippen molar-refractivity contribution in [2.24, 2.45) is 0 Å². The van der Waals surface area contributed by atoms with Gasteiger partial charge in [-0.05, 0) is 36.4 Å². The Hall–Kier alpha value is -2.53. The lowest BCUT2D eigenvalue weighted by Gasteiger charge is -2.06. The first-order chi connectivity index (χ1) is 10.0. The van der Waals surface area contributed by atoms with Gasteiger partial charge in [-0.3, -0.25) is 4.79 Å². The number of H-pyrrole nitrogens is 1. The number of benzene rings is 2. The number of nitrogen functional groups attached to an aromatic ring is 1. The van der Waals surface area contributed by atoms with Crippen molar-refractivity contribution in [1.82, 2.24) is 4.98 Å². The largest absolute Gasteiger partial charge is 0.399 e. The highest BCUT2D eigenvalue weighted by Crippen LogP contribution is 2.25. The van der Waals surface area contributed by atoms with Crippen LogP contribution in [-0.4, -0.2) is 10.9 Å². The number of halogens is 2. The molecule has 0 atom stereocenters. The zero-order valence-corrected chi connectivity index (χ0v) is 11.5. The van der Waals surface area contributed by atoms with Crippen molar-refractivity contribution in [1.29, 1.82) is 0 Å². The minimum absolute atomic E-state index is 0.228. The summed E-state index contributed by atoms with van der Waals surface area (Å²) < 4.78 is 13.2. The standard InChI is InChI=1S/C15H11ClFN3O/c16-12-4-1-8(17)5-14(12)20-15(21)11-7-19-13-6-9(18)2-3-10(11)13/h1-7,19H,18H2,(H,20,21).